The Hall–Kier alpha value is -2.12. The van der Waals surface area contributed by atoms with E-state index in [1.165, 1.54) is 11.3 Å². The van der Waals surface area contributed by atoms with Gasteiger partial charge in [-0.2, -0.15) is 0 Å². The number of carbonyl (C=O) groups is 1. The predicted molar refractivity (Wildman–Crippen MR) is 87.3 cm³/mol. The van der Waals surface area contributed by atoms with E-state index in [0.717, 1.165) is 48.2 Å². The van der Waals surface area contributed by atoms with Crippen molar-refractivity contribution in [3.8, 4) is 22.1 Å². The van der Waals surface area contributed by atoms with Crippen LogP contribution in [-0.4, -0.2) is 55.2 Å². The van der Waals surface area contributed by atoms with Crippen LogP contribution in [0.3, 0.4) is 0 Å². The standard InChI is InChI=1S/C16H17N3O3S/c20-16(19-5-3-17-4-6-19)12-10-23-15(18-12)11-1-2-13-14(9-11)22-8-7-21-13/h1-2,9-10,17H,3-8H2. The lowest BCUT2D eigenvalue weighted by Crippen LogP contribution is -2.46. The molecule has 0 unspecified atom stereocenters. The van der Waals surface area contributed by atoms with Gasteiger partial charge in [0.25, 0.3) is 5.91 Å². The summed E-state index contributed by atoms with van der Waals surface area (Å²) in [6.07, 6.45) is 0. The molecule has 1 saturated heterocycles. The number of fused-ring (bicyclic) bond motifs is 1. The molecule has 23 heavy (non-hydrogen) atoms. The van der Waals surface area contributed by atoms with E-state index in [4.69, 9.17) is 9.47 Å². The third-order valence-electron chi connectivity index (χ3n) is 3.92. The van der Waals surface area contributed by atoms with E-state index in [2.05, 4.69) is 10.3 Å². The van der Waals surface area contributed by atoms with Crippen molar-refractivity contribution < 1.29 is 14.3 Å². The van der Waals surface area contributed by atoms with E-state index < -0.39 is 0 Å². The van der Waals surface area contributed by atoms with Crippen LogP contribution in [0.2, 0.25) is 0 Å². The minimum Gasteiger partial charge on any atom is -0.486 e. The molecule has 0 atom stereocenters. The van der Waals surface area contributed by atoms with Crippen LogP contribution in [0.1, 0.15) is 10.5 Å². The Morgan fingerprint density at radius 3 is 2.78 bits per heavy atom. The number of aromatic nitrogens is 1. The summed E-state index contributed by atoms with van der Waals surface area (Å²) < 4.78 is 11.1. The van der Waals surface area contributed by atoms with Crippen LogP contribution in [0.15, 0.2) is 23.6 Å². The van der Waals surface area contributed by atoms with Gasteiger partial charge in [0.1, 0.15) is 23.9 Å². The monoisotopic (exact) mass is 331 g/mol. The first-order valence-electron chi connectivity index (χ1n) is 7.67. The van der Waals surface area contributed by atoms with Gasteiger partial charge >= 0.3 is 0 Å². The summed E-state index contributed by atoms with van der Waals surface area (Å²) in [7, 11) is 0. The van der Waals surface area contributed by atoms with Crippen LogP contribution in [0.25, 0.3) is 10.6 Å². The molecule has 0 aliphatic carbocycles. The van der Waals surface area contributed by atoms with Crippen LogP contribution in [0, 0.1) is 0 Å². The Morgan fingerprint density at radius 2 is 1.96 bits per heavy atom. The number of nitrogens with zero attached hydrogens (tertiary/aromatic N) is 2. The number of hydrogen-bond donors (Lipinski definition) is 1. The first-order valence-corrected chi connectivity index (χ1v) is 8.55. The molecule has 7 heteroatoms. The molecule has 2 aromatic rings. The normalized spacial score (nSPS) is 17.1. The van der Waals surface area contributed by atoms with Gasteiger partial charge in [-0.05, 0) is 18.2 Å². The number of hydrogen-bond acceptors (Lipinski definition) is 6. The largest absolute Gasteiger partial charge is 0.486 e. The summed E-state index contributed by atoms with van der Waals surface area (Å²) in [5, 5.41) is 5.89. The van der Waals surface area contributed by atoms with Crippen LogP contribution in [0.4, 0.5) is 0 Å². The number of ether oxygens (including phenoxy) is 2. The molecule has 2 aliphatic heterocycles. The van der Waals surface area contributed by atoms with E-state index in [9.17, 15) is 4.79 Å². The van der Waals surface area contributed by atoms with Gasteiger partial charge in [0.2, 0.25) is 0 Å². The highest BCUT2D eigenvalue weighted by Crippen LogP contribution is 2.35. The molecule has 3 heterocycles. The summed E-state index contributed by atoms with van der Waals surface area (Å²) >= 11 is 1.48. The Morgan fingerprint density at radius 1 is 1.17 bits per heavy atom. The van der Waals surface area contributed by atoms with E-state index in [1.54, 1.807) is 0 Å². The van der Waals surface area contributed by atoms with E-state index in [-0.39, 0.29) is 5.91 Å². The zero-order valence-corrected chi connectivity index (χ0v) is 13.4. The van der Waals surface area contributed by atoms with Crippen molar-refractivity contribution in [2.75, 3.05) is 39.4 Å². The molecule has 4 rings (SSSR count). The third kappa shape index (κ3) is 2.89. The molecule has 0 radical (unpaired) electrons. The number of nitrogens with one attached hydrogen (secondary N) is 1. The molecule has 120 valence electrons. The number of piperazine rings is 1. The van der Waals surface area contributed by atoms with Crippen molar-refractivity contribution in [2.24, 2.45) is 0 Å². The fraction of sp³-hybridized carbons (Fsp3) is 0.375. The van der Waals surface area contributed by atoms with E-state index in [1.807, 2.05) is 28.5 Å². The van der Waals surface area contributed by atoms with Crippen LogP contribution < -0.4 is 14.8 Å². The molecule has 0 saturated carbocycles. The van der Waals surface area contributed by atoms with Gasteiger partial charge in [-0.1, -0.05) is 0 Å². The van der Waals surface area contributed by atoms with Crippen molar-refractivity contribution in [2.45, 2.75) is 0 Å². The molecule has 6 nitrogen and oxygen atoms in total. The Labute approximate surface area is 138 Å². The number of rotatable bonds is 2. The Kier molecular flexibility index (Phi) is 3.88. The third-order valence-corrected chi connectivity index (χ3v) is 4.81. The molecule has 1 aromatic heterocycles. The summed E-state index contributed by atoms with van der Waals surface area (Å²) in [6.45, 7) is 4.27. The van der Waals surface area contributed by atoms with Crippen LogP contribution >= 0.6 is 11.3 Å². The molecule has 0 spiro atoms. The van der Waals surface area contributed by atoms with Crippen molar-refractivity contribution in [1.82, 2.24) is 15.2 Å². The molecular weight excluding hydrogens is 314 g/mol. The molecular formula is C16H17N3O3S. The van der Waals surface area contributed by atoms with Crippen molar-refractivity contribution in [1.29, 1.82) is 0 Å². The minimum atomic E-state index is 0.00606. The maximum absolute atomic E-state index is 12.5. The molecule has 0 bridgehead atoms. The number of carbonyl (C=O) groups excluding carboxylic acids is 1. The molecule has 1 amide bonds. The second kappa shape index (κ2) is 6.17. The molecule has 1 fully saturated rings. The number of amides is 1. The van der Waals surface area contributed by atoms with Crippen molar-refractivity contribution >= 4 is 17.2 Å². The summed E-state index contributed by atoms with van der Waals surface area (Å²) in [6, 6.07) is 5.76. The predicted octanol–water partition coefficient (Wildman–Crippen LogP) is 1.63. The fourth-order valence-electron chi connectivity index (χ4n) is 2.71. The minimum absolute atomic E-state index is 0.00606. The first kappa shape index (κ1) is 14.5. The maximum Gasteiger partial charge on any atom is 0.273 e. The van der Waals surface area contributed by atoms with Crippen LogP contribution in [-0.2, 0) is 0 Å². The van der Waals surface area contributed by atoms with Gasteiger partial charge in [0, 0.05) is 37.1 Å². The smallest absolute Gasteiger partial charge is 0.273 e. The Balaban J connectivity index is 1.56. The SMILES string of the molecule is O=C(c1csc(-c2ccc3c(c2)OCCO3)n1)N1CCNCC1. The van der Waals surface area contributed by atoms with E-state index in [0.29, 0.717) is 18.9 Å². The second-order valence-electron chi connectivity index (χ2n) is 5.44. The van der Waals surface area contributed by atoms with Crippen molar-refractivity contribution in [3.05, 3.63) is 29.3 Å². The van der Waals surface area contributed by atoms with Gasteiger partial charge in [0.05, 0.1) is 0 Å². The highest BCUT2D eigenvalue weighted by atomic mass is 32.1. The summed E-state index contributed by atoms with van der Waals surface area (Å²) in [5.41, 5.74) is 1.46. The molecule has 1 aromatic carbocycles. The van der Waals surface area contributed by atoms with Gasteiger partial charge in [0.15, 0.2) is 11.5 Å². The van der Waals surface area contributed by atoms with Gasteiger partial charge in [-0.15, -0.1) is 11.3 Å². The zero-order valence-electron chi connectivity index (χ0n) is 12.6. The van der Waals surface area contributed by atoms with Gasteiger partial charge in [-0.25, -0.2) is 4.98 Å². The molecule has 1 N–H and O–H groups in total. The topological polar surface area (TPSA) is 63.7 Å². The average molecular weight is 331 g/mol. The second-order valence-corrected chi connectivity index (χ2v) is 6.30. The maximum atomic E-state index is 12.5. The summed E-state index contributed by atoms with van der Waals surface area (Å²) in [5.74, 6) is 1.50. The lowest BCUT2D eigenvalue weighted by molar-refractivity contribution is 0.0731. The molecule has 2 aliphatic rings. The zero-order chi connectivity index (χ0) is 15.6. The van der Waals surface area contributed by atoms with Crippen LogP contribution in [0.5, 0.6) is 11.5 Å². The van der Waals surface area contributed by atoms with Crippen molar-refractivity contribution in [3.63, 3.8) is 0 Å². The highest BCUT2D eigenvalue weighted by Gasteiger charge is 2.21. The first-order chi connectivity index (χ1) is 11.3. The highest BCUT2D eigenvalue weighted by molar-refractivity contribution is 7.13. The number of thiazole rings is 1. The average Bonchev–Trinajstić information content (AvgIpc) is 3.11. The van der Waals surface area contributed by atoms with Gasteiger partial charge in [-0.3, -0.25) is 4.79 Å². The quantitative estimate of drug-likeness (QED) is 0.906. The number of benzene rings is 1. The van der Waals surface area contributed by atoms with E-state index >= 15 is 0 Å². The van der Waals surface area contributed by atoms with Gasteiger partial charge < -0.3 is 19.7 Å². The summed E-state index contributed by atoms with van der Waals surface area (Å²) in [4.78, 5) is 18.8. The Bertz CT molecular complexity index is 725. The lowest BCUT2D eigenvalue weighted by atomic mass is 10.2. The lowest BCUT2D eigenvalue weighted by Gasteiger charge is -2.26. The fourth-order valence-corrected chi connectivity index (χ4v) is 3.50.